The van der Waals surface area contributed by atoms with Gasteiger partial charge in [0.15, 0.2) is 6.29 Å². The van der Waals surface area contributed by atoms with Crippen LogP contribution in [0.15, 0.2) is 42.6 Å². The molecule has 94 valence electrons. The first-order valence-corrected chi connectivity index (χ1v) is 5.95. The van der Waals surface area contributed by atoms with Crippen molar-refractivity contribution in [3.05, 3.63) is 59.1 Å². The molecule has 0 atom stereocenters. The molecular formula is C14H8ClFN2O. The number of pyridine rings is 1. The minimum Gasteiger partial charge on any atom is -0.296 e. The van der Waals surface area contributed by atoms with Gasteiger partial charge in [-0.15, -0.1) is 0 Å². The Bertz CT molecular complexity index is 765. The Kier molecular flexibility index (Phi) is 2.80. The number of carbonyl (C=O) groups is 1. The fourth-order valence-corrected chi connectivity index (χ4v) is 2.13. The van der Waals surface area contributed by atoms with E-state index < -0.39 is 0 Å². The molecule has 2 aromatic heterocycles. The normalized spacial score (nSPS) is 10.8. The van der Waals surface area contributed by atoms with Gasteiger partial charge in [-0.1, -0.05) is 11.6 Å². The summed E-state index contributed by atoms with van der Waals surface area (Å²) < 4.78 is 14.5. The summed E-state index contributed by atoms with van der Waals surface area (Å²) in [6.07, 6.45) is 2.34. The van der Waals surface area contributed by atoms with Crippen LogP contribution >= 0.6 is 11.6 Å². The lowest BCUT2D eigenvalue weighted by atomic mass is 10.1. The Balaban J connectivity index is 2.28. The molecule has 3 aromatic rings. The van der Waals surface area contributed by atoms with Crippen LogP contribution in [0.4, 0.5) is 4.39 Å². The Morgan fingerprint density at radius 3 is 2.58 bits per heavy atom. The first-order chi connectivity index (χ1) is 9.19. The highest BCUT2D eigenvalue weighted by Crippen LogP contribution is 2.24. The summed E-state index contributed by atoms with van der Waals surface area (Å²) in [5.74, 6) is -0.330. The van der Waals surface area contributed by atoms with Crippen LogP contribution in [-0.4, -0.2) is 15.7 Å². The fraction of sp³-hybridized carbons (Fsp3) is 0. The molecule has 0 N–H and O–H groups in total. The van der Waals surface area contributed by atoms with Crippen molar-refractivity contribution in [3.8, 4) is 11.3 Å². The molecule has 0 unspecified atom stereocenters. The number of imidazole rings is 1. The molecule has 3 nitrogen and oxygen atoms in total. The van der Waals surface area contributed by atoms with Crippen molar-refractivity contribution in [1.29, 1.82) is 0 Å². The molecule has 0 aliphatic rings. The van der Waals surface area contributed by atoms with Crippen molar-refractivity contribution in [1.82, 2.24) is 9.38 Å². The van der Waals surface area contributed by atoms with Gasteiger partial charge in [0.2, 0.25) is 0 Å². The van der Waals surface area contributed by atoms with Gasteiger partial charge in [0, 0.05) is 11.8 Å². The van der Waals surface area contributed by atoms with Crippen molar-refractivity contribution >= 4 is 23.5 Å². The molecule has 5 heteroatoms. The number of rotatable bonds is 2. The molecule has 2 heterocycles. The van der Waals surface area contributed by atoms with Crippen molar-refractivity contribution < 1.29 is 9.18 Å². The molecule has 19 heavy (non-hydrogen) atoms. The molecule has 0 fully saturated rings. The Labute approximate surface area is 113 Å². The van der Waals surface area contributed by atoms with Crippen molar-refractivity contribution in [2.24, 2.45) is 0 Å². The topological polar surface area (TPSA) is 34.4 Å². The van der Waals surface area contributed by atoms with Gasteiger partial charge in [0.05, 0.1) is 5.02 Å². The molecule has 0 aliphatic carbocycles. The molecule has 0 radical (unpaired) electrons. The average Bonchev–Trinajstić information content (AvgIpc) is 2.77. The molecule has 3 rings (SSSR count). The summed E-state index contributed by atoms with van der Waals surface area (Å²) in [4.78, 5) is 15.7. The van der Waals surface area contributed by atoms with Gasteiger partial charge in [0.25, 0.3) is 0 Å². The van der Waals surface area contributed by atoms with Gasteiger partial charge in [-0.3, -0.25) is 9.20 Å². The van der Waals surface area contributed by atoms with Crippen LogP contribution in [0, 0.1) is 5.82 Å². The highest BCUT2D eigenvalue weighted by molar-refractivity contribution is 6.30. The third-order valence-corrected chi connectivity index (χ3v) is 3.07. The van der Waals surface area contributed by atoms with E-state index in [2.05, 4.69) is 4.98 Å². The van der Waals surface area contributed by atoms with E-state index in [1.165, 1.54) is 12.1 Å². The number of aromatic nitrogens is 2. The van der Waals surface area contributed by atoms with E-state index in [0.717, 1.165) is 6.29 Å². The smallest absolute Gasteiger partial charge is 0.169 e. The van der Waals surface area contributed by atoms with Gasteiger partial charge >= 0.3 is 0 Å². The van der Waals surface area contributed by atoms with E-state index in [1.807, 2.05) is 0 Å². The molecule has 0 spiro atoms. The molecular weight excluding hydrogens is 267 g/mol. The summed E-state index contributed by atoms with van der Waals surface area (Å²) in [5.41, 5.74) is 2.20. The first kappa shape index (κ1) is 11.9. The largest absolute Gasteiger partial charge is 0.296 e. The molecule has 0 aliphatic heterocycles. The molecule has 0 bridgehead atoms. The van der Waals surface area contributed by atoms with E-state index in [1.54, 1.807) is 34.9 Å². The lowest BCUT2D eigenvalue weighted by molar-refractivity contribution is 0.111. The van der Waals surface area contributed by atoms with E-state index in [9.17, 15) is 9.18 Å². The van der Waals surface area contributed by atoms with Crippen LogP contribution in [0.5, 0.6) is 0 Å². The van der Waals surface area contributed by atoms with Crippen LogP contribution in [-0.2, 0) is 0 Å². The van der Waals surface area contributed by atoms with Crippen molar-refractivity contribution in [2.75, 3.05) is 0 Å². The monoisotopic (exact) mass is 274 g/mol. The van der Waals surface area contributed by atoms with Gasteiger partial charge in [-0.2, -0.15) is 0 Å². The average molecular weight is 275 g/mol. The minimum absolute atomic E-state index is 0.330. The zero-order valence-electron chi connectivity index (χ0n) is 9.68. The van der Waals surface area contributed by atoms with Crippen LogP contribution in [0.25, 0.3) is 16.9 Å². The van der Waals surface area contributed by atoms with E-state index in [0.29, 0.717) is 27.6 Å². The van der Waals surface area contributed by atoms with Gasteiger partial charge in [-0.25, -0.2) is 9.37 Å². The number of hydrogen-bond acceptors (Lipinski definition) is 2. The standard InChI is InChI=1S/C14H8ClFN2O/c15-10-3-6-13-17-14(12(8-19)18(13)7-10)9-1-4-11(16)5-2-9/h1-8H. The maximum atomic E-state index is 12.9. The number of fused-ring (bicyclic) bond motifs is 1. The lowest BCUT2D eigenvalue weighted by Gasteiger charge is -1.98. The van der Waals surface area contributed by atoms with E-state index >= 15 is 0 Å². The van der Waals surface area contributed by atoms with E-state index in [-0.39, 0.29) is 5.82 Å². The summed E-state index contributed by atoms with van der Waals surface area (Å²) >= 11 is 5.91. The predicted octanol–water partition coefficient (Wildman–Crippen LogP) is 3.61. The van der Waals surface area contributed by atoms with Gasteiger partial charge in [-0.05, 0) is 36.4 Å². The number of carbonyl (C=O) groups excluding carboxylic acids is 1. The Morgan fingerprint density at radius 2 is 1.89 bits per heavy atom. The number of halogens is 2. The second-order valence-corrected chi connectivity index (χ2v) is 4.48. The van der Waals surface area contributed by atoms with Crippen LogP contribution < -0.4 is 0 Å². The highest BCUT2D eigenvalue weighted by Gasteiger charge is 2.13. The highest BCUT2D eigenvalue weighted by atomic mass is 35.5. The zero-order valence-corrected chi connectivity index (χ0v) is 10.4. The fourth-order valence-electron chi connectivity index (χ4n) is 1.97. The summed E-state index contributed by atoms with van der Waals surface area (Å²) in [7, 11) is 0. The predicted molar refractivity (Wildman–Crippen MR) is 71.0 cm³/mol. The summed E-state index contributed by atoms with van der Waals surface area (Å²) in [5, 5.41) is 0.513. The Morgan fingerprint density at radius 1 is 1.16 bits per heavy atom. The number of hydrogen-bond donors (Lipinski definition) is 0. The second-order valence-electron chi connectivity index (χ2n) is 4.05. The number of aldehydes is 1. The summed E-state index contributed by atoms with van der Waals surface area (Å²) in [6, 6.07) is 9.27. The Hall–Kier alpha value is -2.20. The third kappa shape index (κ3) is 2.00. The third-order valence-electron chi connectivity index (χ3n) is 2.85. The molecule has 0 saturated heterocycles. The zero-order chi connectivity index (χ0) is 13.4. The number of benzene rings is 1. The second kappa shape index (κ2) is 4.48. The van der Waals surface area contributed by atoms with Crippen LogP contribution in [0.2, 0.25) is 5.02 Å². The van der Waals surface area contributed by atoms with E-state index in [4.69, 9.17) is 11.6 Å². The maximum absolute atomic E-state index is 12.9. The molecule has 0 amide bonds. The van der Waals surface area contributed by atoms with Crippen molar-refractivity contribution in [3.63, 3.8) is 0 Å². The van der Waals surface area contributed by atoms with Gasteiger partial charge < -0.3 is 0 Å². The first-order valence-electron chi connectivity index (χ1n) is 5.58. The van der Waals surface area contributed by atoms with Gasteiger partial charge in [0.1, 0.15) is 22.9 Å². The van der Waals surface area contributed by atoms with Crippen LogP contribution in [0.1, 0.15) is 10.5 Å². The number of nitrogens with zero attached hydrogens (tertiary/aromatic N) is 2. The minimum atomic E-state index is -0.330. The molecule has 0 saturated carbocycles. The quantitative estimate of drug-likeness (QED) is 0.669. The molecule has 1 aromatic carbocycles. The SMILES string of the molecule is O=Cc1c(-c2ccc(F)cc2)nc2ccc(Cl)cn12. The lowest BCUT2D eigenvalue weighted by Crippen LogP contribution is -1.92. The van der Waals surface area contributed by atoms with Crippen LogP contribution in [0.3, 0.4) is 0 Å². The van der Waals surface area contributed by atoms with Crippen molar-refractivity contribution in [2.45, 2.75) is 0 Å². The summed E-state index contributed by atoms with van der Waals surface area (Å²) in [6.45, 7) is 0. The maximum Gasteiger partial charge on any atom is 0.169 e.